The molecule has 0 bridgehead atoms. The SMILES string of the molecule is C.CCc1cccc(Br)c1. The van der Waals surface area contributed by atoms with Crippen molar-refractivity contribution in [3.8, 4) is 0 Å². The molecule has 0 amide bonds. The van der Waals surface area contributed by atoms with Crippen LogP contribution in [0, 0.1) is 0 Å². The maximum absolute atomic E-state index is 3.40. The Labute approximate surface area is 71.4 Å². The quantitative estimate of drug-likeness (QED) is 0.650. The van der Waals surface area contributed by atoms with Gasteiger partial charge in [-0.2, -0.15) is 0 Å². The first kappa shape index (κ1) is 9.70. The lowest BCUT2D eigenvalue weighted by Crippen LogP contribution is -1.76. The third kappa shape index (κ3) is 2.53. The molecule has 0 heterocycles. The Kier molecular flexibility index (Phi) is 4.37. The molecule has 1 rings (SSSR count). The van der Waals surface area contributed by atoms with Gasteiger partial charge in [0.2, 0.25) is 0 Å². The molecule has 0 radical (unpaired) electrons. The second kappa shape index (κ2) is 4.51. The van der Waals surface area contributed by atoms with Crippen molar-refractivity contribution in [2.75, 3.05) is 0 Å². The van der Waals surface area contributed by atoms with Crippen molar-refractivity contribution in [1.82, 2.24) is 0 Å². The molecule has 0 atom stereocenters. The highest BCUT2D eigenvalue weighted by Gasteiger charge is 1.87. The van der Waals surface area contributed by atoms with Crippen molar-refractivity contribution in [2.24, 2.45) is 0 Å². The van der Waals surface area contributed by atoms with Crippen LogP contribution in [0.5, 0.6) is 0 Å². The van der Waals surface area contributed by atoms with Crippen LogP contribution in [0.25, 0.3) is 0 Å². The first-order valence-corrected chi connectivity index (χ1v) is 3.86. The zero-order valence-electron chi connectivity index (χ0n) is 5.39. The van der Waals surface area contributed by atoms with Crippen LogP contribution in [0.4, 0.5) is 0 Å². The highest BCUT2D eigenvalue weighted by molar-refractivity contribution is 9.10. The summed E-state index contributed by atoms with van der Waals surface area (Å²) in [6, 6.07) is 8.37. The average Bonchev–Trinajstić information content (AvgIpc) is 1.88. The molecule has 0 nitrogen and oxygen atoms in total. The van der Waals surface area contributed by atoms with Gasteiger partial charge < -0.3 is 0 Å². The van der Waals surface area contributed by atoms with Gasteiger partial charge in [0.25, 0.3) is 0 Å². The molecule has 1 aromatic carbocycles. The Hall–Kier alpha value is -0.300. The first-order chi connectivity index (χ1) is 4.33. The molecule has 0 spiro atoms. The molecule has 0 saturated heterocycles. The molecule has 0 aromatic heterocycles. The van der Waals surface area contributed by atoms with E-state index in [2.05, 4.69) is 41.1 Å². The Bertz CT molecular complexity index is 194. The molecule has 56 valence electrons. The van der Waals surface area contributed by atoms with Crippen LogP contribution in [0.15, 0.2) is 28.7 Å². The maximum Gasteiger partial charge on any atom is 0.0177 e. The van der Waals surface area contributed by atoms with E-state index in [1.165, 1.54) is 10.0 Å². The van der Waals surface area contributed by atoms with E-state index in [1.807, 2.05) is 6.07 Å². The zero-order chi connectivity index (χ0) is 6.69. The Balaban J connectivity index is 0.000000810. The fraction of sp³-hybridized carbons (Fsp3) is 0.333. The van der Waals surface area contributed by atoms with E-state index in [4.69, 9.17) is 0 Å². The van der Waals surface area contributed by atoms with Crippen LogP contribution in [0.2, 0.25) is 0 Å². The monoisotopic (exact) mass is 200 g/mol. The van der Waals surface area contributed by atoms with E-state index < -0.39 is 0 Å². The minimum absolute atomic E-state index is 0. The van der Waals surface area contributed by atoms with Crippen molar-refractivity contribution in [2.45, 2.75) is 20.8 Å². The van der Waals surface area contributed by atoms with E-state index in [-0.39, 0.29) is 7.43 Å². The predicted molar refractivity (Wildman–Crippen MR) is 50.3 cm³/mol. The summed E-state index contributed by atoms with van der Waals surface area (Å²) in [4.78, 5) is 0. The summed E-state index contributed by atoms with van der Waals surface area (Å²) in [5.41, 5.74) is 1.38. The van der Waals surface area contributed by atoms with Crippen LogP contribution in [-0.4, -0.2) is 0 Å². The van der Waals surface area contributed by atoms with Crippen molar-refractivity contribution in [3.63, 3.8) is 0 Å². The van der Waals surface area contributed by atoms with Crippen LogP contribution in [0.3, 0.4) is 0 Å². The van der Waals surface area contributed by atoms with E-state index in [1.54, 1.807) is 0 Å². The second-order valence-electron chi connectivity index (χ2n) is 1.98. The van der Waals surface area contributed by atoms with Crippen molar-refractivity contribution in [3.05, 3.63) is 34.3 Å². The Morgan fingerprint density at radius 1 is 1.40 bits per heavy atom. The van der Waals surface area contributed by atoms with E-state index in [0.29, 0.717) is 0 Å². The van der Waals surface area contributed by atoms with Crippen molar-refractivity contribution in [1.29, 1.82) is 0 Å². The van der Waals surface area contributed by atoms with Crippen molar-refractivity contribution >= 4 is 15.9 Å². The topological polar surface area (TPSA) is 0 Å². The third-order valence-corrected chi connectivity index (χ3v) is 1.79. The molecular weight excluding hydrogens is 188 g/mol. The van der Waals surface area contributed by atoms with Gasteiger partial charge in [-0.25, -0.2) is 0 Å². The molecular formula is C9H13Br. The largest absolute Gasteiger partial charge is 0.0776 e. The normalized spacial score (nSPS) is 8.60. The minimum Gasteiger partial charge on any atom is -0.0776 e. The standard InChI is InChI=1S/C8H9Br.CH4/c1-2-7-4-3-5-8(9)6-7;/h3-6H,2H2,1H3;1H4. The molecule has 10 heavy (non-hydrogen) atoms. The summed E-state index contributed by atoms with van der Waals surface area (Å²) in [6.07, 6.45) is 1.11. The van der Waals surface area contributed by atoms with Gasteiger partial charge in [0.05, 0.1) is 0 Å². The molecule has 0 aliphatic rings. The fourth-order valence-corrected chi connectivity index (χ4v) is 1.20. The van der Waals surface area contributed by atoms with Gasteiger partial charge in [-0.05, 0) is 24.1 Å². The summed E-state index contributed by atoms with van der Waals surface area (Å²) in [5, 5.41) is 0. The smallest absolute Gasteiger partial charge is 0.0177 e. The first-order valence-electron chi connectivity index (χ1n) is 3.07. The number of aryl methyl sites for hydroxylation is 1. The number of hydrogen-bond donors (Lipinski definition) is 0. The third-order valence-electron chi connectivity index (χ3n) is 1.30. The molecule has 0 unspecified atom stereocenters. The average molecular weight is 201 g/mol. The number of rotatable bonds is 1. The van der Waals surface area contributed by atoms with Gasteiger partial charge in [0.15, 0.2) is 0 Å². The van der Waals surface area contributed by atoms with Gasteiger partial charge in [-0.1, -0.05) is 42.4 Å². The van der Waals surface area contributed by atoms with Crippen molar-refractivity contribution < 1.29 is 0 Å². The lowest BCUT2D eigenvalue weighted by molar-refractivity contribution is 1.14. The number of halogens is 1. The summed E-state index contributed by atoms with van der Waals surface area (Å²) in [5.74, 6) is 0. The predicted octanol–water partition coefficient (Wildman–Crippen LogP) is 3.65. The summed E-state index contributed by atoms with van der Waals surface area (Å²) < 4.78 is 1.17. The molecule has 1 heteroatoms. The maximum atomic E-state index is 3.40. The highest BCUT2D eigenvalue weighted by atomic mass is 79.9. The van der Waals surface area contributed by atoms with Gasteiger partial charge in [0.1, 0.15) is 0 Å². The highest BCUT2D eigenvalue weighted by Crippen LogP contribution is 2.11. The zero-order valence-corrected chi connectivity index (χ0v) is 6.98. The Morgan fingerprint density at radius 2 is 2.10 bits per heavy atom. The van der Waals surface area contributed by atoms with Crippen LogP contribution >= 0.6 is 15.9 Å². The van der Waals surface area contributed by atoms with Crippen LogP contribution in [-0.2, 0) is 6.42 Å². The van der Waals surface area contributed by atoms with Gasteiger partial charge in [-0.3, -0.25) is 0 Å². The van der Waals surface area contributed by atoms with Gasteiger partial charge >= 0.3 is 0 Å². The number of benzene rings is 1. The van der Waals surface area contributed by atoms with Crippen LogP contribution in [0.1, 0.15) is 19.9 Å². The van der Waals surface area contributed by atoms with Crippen LogP contribution < -0.4 is 0 Å². The summed E-state index contributed by atoms with van der Waals surface area (Å²) in [6.45, 7) is 2.15. The molecule has 0 fully saturated rings. The molecule has 0 saturated carbocycles. The van der Waals surface area contributed by atoms with E-state index in [9.17, 15) is 0 Å². The molecule has 1 aromatic rings. The number of hydrogen-bond acceptors (Lipinski definition) is 0. The summed E-state index contributed by atoms with van der Waals surface area (Å²) in [7, 11) is 0. The molecule has 0 aliphatic heterocycles. The van der Waals surface area contributed by atoms with E-state index in [0.717, 1.165) is 6.42 Å². The van der Waals surface area contributed by atoms with Gasteiger partial charge in [-0.15, -0.1) is 0 Å². The molecule has 0 aliphatic carbocycles. The van der Waals surface area contributed by atoms with E-state index >= 15 is 0 Å². The minimum atomic E-state index is 0. The van der Waals surface area contributed by atoms with Gasteiger partial charge in [0, 0.05) is 4.47 Å². The fourth-order valence-electron chi connectivity index (χ4n) is 0.757. The lowest BCUT2D eigenvalue weighted by atomic mass is 10.2. The summed E-state index contributed by atoms with van der Waals surface area (Å²) >= 11 is 3.40. The Morgan fingerprint density at radius 3 is 2.50 bits per heavy atom. The lowest BCUT2D eigenvalue weighted by Gasteiger charge is -1.94. The second-order valence-corrected chi connectivity index (χ2v) is 2.90. The molecule has 0 N–H and O–H groups in total.